The van der Waals surface area contributed by atoms with Crippen LogP contribution in [0.3, 0.4) is 0 Å². The van der Waals surface area contributed by atoms with Gasteiger partial charge in [-0.25, -0.2) is 0 Å². The standard InChI is InChI=1S/C14H14ClN3O/c15-10-7-9-3-1-6-17-13(9)12(8-10)18-14(19)11-4-2-5-16-11/h1,3,6-8,11,16H,2,4-5H2,(H,18,19)/t11-/m1/s1. The van der Waals surface area contributed by atoms with E-state index in [1.54, 1.807) is 12.3 Å². The molecule has 5 heteroatoms. The molecule has 2 N–H and O–H groups in total. The summed E-state index contributed by atoms with van der Waals surface area (Å²) in [4.78, 5) is 16.4. The minimum Gasteiger partial charge on any atom is -0.323 e. The summed E-state index contributed by atoms with van der Waals surface area (Å²) in [6.45, 7) is 0.895. The van der Waals surface area contributed by atoms with Gasteiger partial charge >= 0.3 is 0 Å². The number of pyridine rings is 1. The van der Waals surface area contributed by atoms with Gasteiger partial charge in [-0.05, 0) is 37.6 Å². The second-order valence-electron chi connectivity index (χ2n) is 4.67. The fourth-order valence-electron chi connectivity index (χ4n) is 2.38. The number of anilines is 1. The van der Waals surface area contributed by atoms with Crippen molar-refractivity contribution in [1.29, 1.82) is 0 Å². The lowest BCUT2D eigenvalue weighted by atomic mass is 10.1. The summed E-state index contributed by atoms with van der Waals surface area (Å²) in [7, 11) is 0. The lowest BCUT2D eigenvalue weighted by Crippen LogP contribution is -2.35. The Hall–Kier alpha value is -1.65. The van der Waals surface area contributed by atoms with Crippen LogP contribution in [0.4, 0.5) is 5.69 Å². The molecule has 2 heterocycles. The molecule has 0 saturated carbocycles. The van der Waals surface area contributed by atoms with Crippen molar-refractivity contribution < 1.29 is 4.79 Å². The number of benzene rings is 1. The first kappa shape index (κ1) is 12.4. The molecule has 0 unspecified atom stereocenters. The molecule has 1 aliphatic heterocycles. The number of nitrogens with one attached hydrogen (secondary N) is 2. The van der Waals surface area contributed by atoms with Gasteiger partial charge < -0.3 is 10.6 Å². The van der Waals surface area contributed by atoms with Crippen molar-refractivity contribution in [2.24, 2.45) is 0 Å². The van der Waals surface area contributed by atoms with Crippen LogP contribution in [0.5, 0.6) is 0 Å². The Bertz CT molecular complexity index is 623. The first-order valence-corrected chi connectivity index (χ1v) is 6.70. The van der Waals surface area contributed by atoms with Crippen molar-refractivity contribution in [3.8, 4) is 0 Å². The third-order valence-electron chi connectivity index (χ3n) is 3.30. The Balaban J connectivity index is 1.93. The summed E-state index contributed by atoms with van der Waals surface area (Å²) in [5.41, 5.74) is 1.43. The van der Waals surface area contributed by atoms with Crippen LogP contribution in [0.25, 0.3) is 10.9 Å². The highest BCUT2D eigenvalue weighted by Gasteiger charge is 2.22. The highest BCUT2D eigenvalue weighted by Crippen LogP contribution is 2.26. The van der Waals surface area contributed by atoms with Gasteiger partial charge in [0.1, 0.15) is 0 Å². The van der Waals surface area contributed by atoms with E-state index in [9.17, 15) is 4.79 Å². The van der Waals surface area contributed by atoms with Crippen molar-refractivity contribution in [3.05, 3.63) is 35.5 Å². The molecule has 1 aliphatic rings. The van der Waals surface area contributed by atoms with Gasteiger partial charge in [0, 0.05) is 16.6 Å². The van der Waals surface area contributed by atoms with Gasteiger partial charge in [0.15, 0.2) is 0 Å². The highest BCUT2D eigenvalue weighted by atomic mass is 35.5. The third-order valence-corrected chi connectivity index (χ3v) is 3.52. The number of carbonyl (C=O) groups excluding carboxylic acids is 1. The molecule has 98 valence electrons. The maximum atomic E-state index is 12.1. The molecule has 3 rings (SSSR count). The molecular weight excluding hydrogens is 262 g/mol. The van der Waals surface area contributed by atoms with Crippen molar-refractivity contribution in [2.45, 2.75) is 18.9 Å². The van der Waals surface area contributed by atoms with Crippen LogP contribution in [0.1, 0.15) is 12.8 Å². The molecule has 1 amide bonds. The molecule has 1 fully saturated rings. The SMILES string of the molecule is O=C(Nc1cc(Cl)cc2cccnc12)[C@H]1CCCN1. The first-order valence-electron chi connectivity index (χ1n) is 6.32. The van der Waals surface area contributed by atoms with E-state index in [-0.39, 0.29) is 11.9 Å². The van der Waals surface area contributed by atoms with E-state index < -0.39 is 0 Å². The molecule has 0 aliphatic carbocycles. The summed E-state index contributed by atoms with van der Waals surface area (Å²) in [5.74, 6) is -0.0216. The van der Waals surface area contributed by atoms with E-state index in [1.807, 2.05) is 18.2 Å². The molecule has 0 spiro atoms. The summed E-state index contributed by atoms with van der Waals surface area (Å²) in [5, 5.41) is 7.61. The lowest BCUT2D eigenvalue weighted by Gasteiger charge is -2.12. The van der Waals surface area contributed by atoms with Crippen LogP contribution < -0.4 is 10.6 Å². The van der Waals surface area contributed by atoms with Gasteiger partial charge in [-0.1, -0.05) is 17.7 Å². The minimum atomic E-state index is -0.113. The predicted molar refractivity (Wildman–Crippen MR) is 76.4 cm³/mol. The number of hydrogen-bond acceptors (Lipinski definition) is 3. The summed E-state index contributed by atoms with van der Waals surface area (Å²) in [6.07, 6.45) is 3.62. The topological polar surface area (TPSA) is 54.0 Å². The summed E-state index contributed by atoms with van der Waals surface area (Å²) >= 11 is 6.07. The number of amides is 1. The molecule has 1 aromatic carbocycles. The monoisotopic (exact) mass is 275 g/mol. The molecule has 1 saturated heterocycles. The Morgan fingerprint density at radius 3 is 3.16 bits per heavy atom. The Kier molecular flexibility index (Phi) is 3.36. The highest BCUT2D eigenvalue weighted by molar-refractivity contribution is 6.32. The van der Waals surface area contributed by atoms with Crippen molar-refractivity contribution in [2.75, 3.05) is 11.9 Å². The van der Waals surface area contributed by atoms with Crippen molar-refractivity contribution in [1.82, 2.24) is 10.3 Å². The number of halogens is 1. The van der Waals surface area contributed by atoms with Gasteiger partial charge in [-0.2, -0.15) is 0 Å². The third kappa shape index (κ3) is 2.55. The molecule has 2 aromatic rings. The van der Waals surface area contributed by atoms with Gasteiger partial charge in [0.25, 0.3) is 0 Å². The zero-order valence-corrected chi connectivity index (χ0v) is 11.1. The first-order chi connectivity index (χ1) is 9.24. The van der Waals surface area contributed by atoms with Crippen LogP contribution in [0.2, 0.25) is 5.02 Å². The largest absolute Gasteiger partial charge is 0.323 e. The predicted octanol–water partition coefficient (Wildman–Crippen LogP) is 2.58. The fraction of sp³-hybridized carbons (Fsp3) is 0.286. The molecular formula is C14H14ClN3O. The van der Waals surface area contributed by atoms with E-state index in [4.69, 9.17) is 11.6 Å². The number of fused-ring (bicyclic) bond motifs is 1. The van der Waals surface area contributed by atoms with E-state index in [0.717, 1.165) is 30.3 Å². The minimum absolute atomic E-state index is 0.0216. The van der Waals surface area contributed by atoms with Gasteiger partial charge in [0.2, 0.25) is 5.91 Å². The number of aromatic nitrogens is 1. The maximum absolute atomic E-state index is 12.1. The normalized spacial score (nSPS) is 18.7. The van der Waals surface area contributed by atoms with E-state index in [0.29, 0.717) is 10.7 Å². The summed E-state index contributed by atoms with van der Waals surface area (Å²) in [6, 6.07) is 7.25. The second-order valence-corrected chi connectivity index (χ2v) is 5.10. The second kappa shape index (κ2) is 5.15. The molecule has 4 nitrogen and oxygen atoms in total. The molecule has 0 bridgehead atoms. The quantitative estimate of drug-likeness (QED) is 0.886. The van der Waals surface area contributed by atoms with Crippen molar-refractivity contribution >= 4 is 34.1 Å². The lowest BCUT2D eigenvalue weighted by molar-refractivity contribution is -0.117. The Labute approximate surface area is 116 Å². The van der Waals surface area contributed by atoms with Crippen LogP contribution in [0.15, 0.2) is 30.5 Å². The zero-order valence-electron chi connectivity index (χ0n) is 10.3. The zero-order chi connectivity index (χ0) is 13.2. The molecule has 1 atom stereocenters. The molecule has 0 radical (unpaired) electrons. The molecule has 1 aromatic heterocycles. The van der Waals surface area contributed by atoms with E-state index in [1.165, 1.54) is 0 Å². The van der Waals surface area contributed by atoms with Crippen LogP contribution in [-0.4, -0.2) is 23.5 Å². The number of rotatable bonds is 2. The van der Waals surface area contributed by atoms with Crippen LogP contribution in [-0.2, 0) is 4.79 Å². The van der Waals surface area contributed by atoms with Crippen LogP contribution >= 0.6 is 11.6 Å². The molecule has 19 heavy (non-hydrogen) atoms. The average molecular weight is 276 g/mol. The number of nitrogens with zero attached hydrogens (tertiary/aromatic N) is 1. The Morgan fingerprint density at radius 2 is 2.37 bits per heavy atom. The van der Waals surface area contributed by atoms with Gasteiger partial charge in [-0.15, -0.1) is 0 Å². The average Bonchev–Trinajstić information content (AvgIpc) is 2.92. The van der Waals surface area contributed by atoms with Gasteiger partial charge in [0.05, 0.1) is 17.2 Å². The van der Waals surface area contributed by atoms with Crippen molar-refractivity contribution in [3.63, 3.8) is 0 Å². The van der Waals surface area contributed by atoms with Gasteiger partial charge in [-0.3, -0.25) is 9.78 Å². The van der Waals surface area contributed by atoms with E-state index in [2.05, 4.69) is 15.6 Å². The summed E-state index contributed by atoms with van der Waals surface area (Å²) < 4.78 is 0. The fourth-order valence-corrected chi connectivity index (χ4v) is 2.61. The Morgan fingerprint density at radius 1 is 1.47 bits per heavy atom. The maximum Gasteiger partial charge on any atom is 0.241 e. The smallest absolute Gasteiger partial charge is 0.241 e. The number of hydrogen-bond donors (Lipinski definition) is 2. The van der Waals surface area contributed by atoms with E-state index >= 15 is 0 Å². The number of carbonyl (C=O) groups is 1. The van der Waals surface area contributed by atoms with Crippen LogP contribution in [0, 0.1) is 0 Å².